The number of nitrogens with two attached hydrogens (primary N) is 1. The molecule has 0 bridgehead atoms. The Morgan fingerprint density at radius 1 is 1.42 bits per heavy atom. The number of hydrogen-bond acceptors (Lipinski definition) is 9. The van der Waals surface area contributed by atoms with Crippen LogP contribution in [0.4, 0.5) is 11.6 Å². The molecule has 1 fully saturated rings. The number of aromatic amines is 1. The smallest absolute Gasteiger partial charge is 0.275 e. The van der Waals surface area contributed by atoms with Crippen LogP contribution in [0.2, 0.25) is 5.02 Å². The number of hydrogen-bond donors (Lipinski definition) is 4. The summed E-state index contributed by atoms with van der Waals surface area (Å²) in [6, 6.07) is 6.29. The van der Waals surface area contributed by atoms with Crippen molar-refractivity contribution >= 4 is 35.5 Å². The van der Waals surface area contributed by atoms with Crippen molar-refractivity contribution in [3.05, 3.63) is 39.6 Å². The molecule has 12 heteroatoms. The van der Waals surface area contributed by atoms with Gasteiger partial charge in [-0.25, -0.2) is 4.98 Å². The number of ether oxygens (including phenoxy) is 3. The fourth-order valence-corrected chi connectivity index (χ4v) is 4.41. The van der Waals surface area contributed by atoms with Crippen LogP contribution in [0.3, 0.4) is 0 Å². The second kappa shape index (κ2) is 9.05. The molecule has 1 aromatic heterocycles. The maximum atomic E-state index is 12.7. The number of methoxy groups -OCH3 is 1. The molecule has 3 heterocycles. The minimum Gasteiger partial charge on any atom is -0.492 e. The normalized spacial score (nSPS) is 25.2. The molecule has 31 heavy (non-hydrogen) atoms. The molecule has 4 rings (SSSR count). The Hall–Kier alpha value is -2.31. The molecule has 0 unspecified atom stereocenters. The molecule has 2 aromatic rings. The summed E-state index contributed by atoms with van der Waals surface area (Å²) < 4.78 is 17.0. The van der Waals surface area contributed by atoms with Gasteiger partial charge in [-0.15, -0.1) is 0 Å². The Morgan fingerprint density at radius 3 is 2.81 bits per heavy atom. The van der Waals surface area contributed by atoms with Gasteiger partial charge in [-0.1, -0.05) is 11.6 Å². The fraction of sp³-hybridized carbons (Fsp3) is 0.474. The number of aromatic nitrogens is 2. The highest BCUT2D eigenvalue weighted by atomic mass is 35.5. The highest BCUT2D eigenvalue weighted by molar-refractivity contribution is 6.77. The van der Waals surface area contributed by atoms with Crippen LogP contribution in [0.1, 0.15) is 0 Å². The van der Waals surface area contributed by atoms with E-state index in [0.717, 1.165) is 0 Å². The fourth-order valence-electron chi connectivity index (χ4n) is 4.29. The van der Waals surface area contributed by atoms with Gasteiger partial charge in [0.15, 0.2) is 5.95 Å². The van der Waals surface area contributed by atoms with Crippen LogP contribution < -0.4 is 26.5 Å². The third kappa shape index (κ3) is 4.24. The van der Waals surface area contributed by atoms with Crippen molar-refractivity contribution in [2.75, 3.05) is 43.9 Å². The van der Waals surface area contributed by atoms with Crippen LogP contribution in [-0.2, 0) is 9.47 Å². The number of fused-ring (bicyclic) bond motifs is 1. The molecular weight excluding hydrogens is 426 g/mol. The second-order valence-corrected chi connectivity index (χ2v) is 7.99. The molecule has 0 amide bonds. The lowest BCUT2D eigenvalue weighted by Gasteiger charge is -2.22. The Kier molecular flexibility index (Phi) is 6.40. The Balaban J connectivity index is 1.54. The van der Waals surface area contributed by atoms with E-state index in [1.165, 1.54) is 7.11 Å². The summed E-state index contributed by atoms with van der Waals surface area (Å²) in [5, 5.41) is 20.9. The van der Waals surface area contributed by atoms with E-state index in [9.17, 15) is 15.0 Å². The van der Waals surface area contributed by atoms with Crippen LogP contribution >= 0.6 is 11.6 Å². The third-order valence-corrected chi connectivity index (χ3v) is 5.94. The summed E-state index contributed by atoms with van der Waals surface area (Å²) >= 11 is 5.89. The van der Waals surface area contributed by atoms with Crippen molar-refractivity contribution in [3.8, 4) is 5.75 Å². The van der Waals surface area contributed by atoms with E-state index in [1.54, 1.807) is 24.3 Å². The molecule has 1 saturated heterocycles. The van der Waals surface area contributed by atoms with E-state index in [0.29, 0.717) is 41.6 Å². The number of nitrogens with zero attached hydrogens (tertiary/aromatic N) is 2. The highest BCUT2D eigenvalue weighted by Gasteiger charge is 2.52. The third-order valence-electron chi connectivity index (χ3n) is 5.69. The number of aliphatic hydroxyl groups excluding tert-OH is 2. The van der Waals surface area contributed by atoms with Gasteiger partial charge in [-0.2, -0.15) is 0 Å². The van der Waals surface area contributed by atoms with Crippen LogP contribution in [0.25, 0.3) is 0 Å². The van der Waals surface area contributed by atoms with Gasteiger partial charge < -0.3 is 35.1 Å². The van der Waals surface area contributed by atoms with E-state index in [2.05, 4.69) is 9.97 Å². The average molecular weight is 451 g/mol. The number of halogens is 1. The summed E-state index contributed by atoms with van der Waals surface area (Å²) in [5.74, 6) is 0.649. The first-order valence-corrected chi connectivity index (χ1v) is 10.3. The summed E-state index contributed by atoms with van der Waals surface area (Å²) in [5.41, 5.74) is 6.23. The van der Waals surface area contributed by atoms with E-state index in [1.807, 2.05) is 4.90 Å². The largest absolute Gasteiger partial charge is 0.492 e. The van der Waals surface area contributed by atoms with Gasteiger partial charge >= 0.3 is 0 Å². The number of anilines is 2. The van der Waals surface area contributed by atoms with Gasteiger partial charge in [0.05, 0.1) is 19.2 Å². The molecule has 0 saturated carbocycles. The summed E-state index contributed by atoms with van der Waals surface area (Å²) in [4.78, 5) is 21.4. The second-order valence-electron chi connectivity index (χ2n) is 7.55. The molecule has 166 valence electrons. The summed E-state index contributed by atoms with van der Waals surface area (Å²) in [7, 11) is 1.45. The standard InChI is InChI=1S/C19H24BClN4O6/c1-29-15-12(8-26)31-17(14(15)27)20-9-25(13-16(20)23-19(22)24-18(13)28)6-7-30-11-4-2-10(21)3-5-11/h2-5,12,14-15,17,26-27H,6-9H2,1H3,(H3,22,23,24,28)/t12-,14-,15-,17-/m1/s1. The molecule has 2 aliphatic rings. The summed E-state index contributed by atoms with van der Waals surface area (Å²) in [6.07, 6.45) is -1.97. The van der Waals surface area contributed by atoms with Crippen molar-refractivity contribution in [1.29, 1.82) is 0 Å². The van der Waals surface area contributed by atoms with Gasteiger partial charge in [0, 0.05) is 24.2 Å². The highest BCUT2D eigenvalue weighted by Crippen LogP contribution is 2.28. The maximum absolute atomic E-state index is 12.7. The molecule has 0 radical (unpaired) electrons. The number of nitrogen functional groups attached to an aromatic ring is 1. The van der Waals surface area contributed by atoms with Crippen LogP contribution in [0.15, 0.2) is 29.1 Å². The Morgan fingerprint density at radius 2 is 2.16 bits per heavy atom. The average Bonchev–Trinajstić information content (AvgIpc) is 3.26. The predicted octanol–water partition coefficient (Wildman–Crippen LogP) is -1.18. The zero-order valence-electron chi connectivity index (χ0n) is 16.9. The van der Waals surface area contributed by atoms with Crippen molar-refractivity contribution in [2.24, 2.45) is 0 Å². The lowest BCUT2D eigenvalue weighted by molar-refractivity contribution is -0.0318. The quantitative estimate of drug-likeness (QED) is 0.383. The topological polar surface area (TPSA) is 143 Å². The van der Waals surface area contributed by atoms with Gasteiger partial charge in [0.1, 0.15) is 36.4 Å². The van der Waals surface area contributed by atoms with Gasteiger partial charge in [0.25, 0.3) is 12.3 Å². The molecule has 0 spiro atoms. The number of H-pyrrole nitrogens is 1. The lowest BCUT2D eigenvalue weighted by Crippen LogP contribution is -2.51. The first kappa shape index (κ1) is 21.9. The Bertz CT molecular complexity index is 977. The zero-order chi connectivity index (χ0) is 22.1. The molecule has 5 N–H and O–H groups in total. The lowest BCUT2D eigenvalue weighted by atomic mass is 9.43. The van der Waals surface area contributed by atoms with Crippen molar-refractivity contribution < 1.29 is 24.4 Å². The van der Waals surface area contributed by atoms with Gasteiger partial charge in [-0.05, 0) is 24.3 Å². The first-order chi connectivity index (χ1) is 14.9. The monoisotopic (exact) mass is 450 g/mol. The first-order valence-electron chi connectivity index (χ1n) is 9.93. The van der Waals surface area contributed by atoms with Crippen LogP contribution in [0.5, 0.6) is 5.75 Å². The van der Waals surface area contributed by atoms with Gasteiger partial charge in [0.2, 0.25) is 0 Å². The van der Waals surface area contributed by atoms with Crippen LogP contribution in [0, 0.1) is 0 Å². The van der Waals surface area contributed by atoms with Crippen molar-refractivity contribution in [1.82, 2.24) is 9.97 Å². The Labute approximate surface area is 184 Å². The molecular formula is C19H24BClN4O6. The number of rotatable bonds is 7. The zero-order valence-corrected chi connectivity index (χ0v) is 17.7. The SMILES string of the molecule is CO[C@H]1[C@@H](O)[C@H](B2CN(CCOc3ccc(Cl)cc3)c3c2nc(N)[nH]c3=O)O[C@@H]1CO. The predicted molar refractivity (Wildman–Crippen MR) is 116 cm³/mol. The number of aliphatic hydroxyl groups is 2. The molecule has 10 nitrogen and oxygen atoms in total. The molecule has 0 aliphatic carbocycles. The molecule has 1 aromatic carbocycles. The molecule has 2 aliphatic heterocycles. The van der Waals surface area contributed by atoms with Crippen molar-refractivity contribution in [3.63, 3.8) is 0 Å². The molecule has 4 atom stereocenters. The van der Waals surface area contributed by atoms with Crippen LogP contribution in [-0.4, -0.2) is 84.5 Å². The van der Waals surface area contributed by atoms with E-state index in [4.69, 9.17) is 31.5 Å². The summed E-state index contributed by atoms with van der Waals surface area (Å²) in [6.45, 7) is -0.0129. The maximum Gasteiger partial charge on any atom is 0.275 e. The number of benzene rings is 1. The van der Waals surface area contributed by atoms with E-state index < -0.39 is 31.0 Å². The van der Waals surface area contributed by atoms with E-state index >= 15 is 0 Å². The van der Waals surface area contributed by atoms with E-state index in [-0.39, 0.29) is 18.1 Å². The number of nitrogens with one attached hydrogen (secondary N) is 1. The minimum absolute atomic E-state index is 0.0116. The van der Waals surface area contributed by atoms with Gasteiger partial charge in [-0.3, -0.25) is 9.78 Å². The minimum atomic E-state index is -0.993. The van der Waals surface area contributed by atoms with Crippen molar-refractivity contribution in [2.45, 2.75) is 24.3 Å².